The van der Waals surface area contributed by atoms with Crippen molar-refractivity contribution < 1.29 is 0 Å². The Balaban J connectivity index is 0.00000420. The minimum atomic E-state index is 0. The van der Waals surface area contributed by atoms with E-state index in [9.17, 15) is 0 Å². The fourth-order valence-corrected chi connectivity index (χ4v) is 3.11. The molecule has 0 radical (unpaired) electrons. The second-order valence-corrected chi connectivity index (χ2v) is 6.86. The molecule has 0 saturated heterocycles. The molecule has 2 N–H and O–H groups in total. The van der Waals surface area contributed by atoms with Crippen molar-refractivity contribution in [3.8, 4) is 5.69 Å². The first kappa shape index (κ1) is 25.4. The van der Waals surface area contributed by atoms with Crippen molar-refractivity contribution in [2.75, 3.05) is 26.2 Å². The van der Waals surface area contributed by atoms with E-state index >= 15 is 0 Å². The van der Waals surface area contributed by atoms with Crippen LogP contribution in [-0.4, -0.2) is 57.8 Å². The van der Waals surface area contributed by atoms with Crippen LogP contribution in [0.4, 0.5) is 0 Å². The number of hydrogen-bond donors (Lipinski definition) is 2. The van der Waals surface area contributed by atoms with Gasteiger partial charge in [0.1, 0.15) is 12.9 Å². The molecule has 0 aliphatic heterocycles. The van der Waals surface area contributed by atoms with Crippen LogP contribution in [0.3, 0.4) is 0 Å². The highest BCUT2D eigenvalue weighted by atomic mass is 127. The lowest BCUT2D eigenvalue weighted by Crippen LogP contribution is -2.42. The average Bonchev–Trinajstić information content (AvgIpc) is 3.19. The number of rotatable bonds is 11. The van der Waals surface area contributed by atoms with Crippen molar-refractivity contribution in [3.05, 3.63) is 42.5 Å². The Hall–Kier alpha value is -1.68. The van der Waals surface area contributed by atoms with E-state index < -0.39 is 0 Å². The summed E-state index contributed by atoms with van der Waals surface area (Å²) < 4.78 is 1.97. The number of nitrogens with zero attached hydrogens (tertiary/aromatic N) is 5. The standard InChI is InChI=1S/C21H35N7.HI/c1-5-22-21(25-18(4)12-11-15-27(6-2)7-3)23-16-20-26-24-17-28(20)19-13-9-8-10-14-19;/h8-10,13-14,17-18H,5-7,11-12,15-16H2,1-4H3,(H2,22,23,25);1H. The van der Waals surface area contributed by atoms with Gasteiger partial charge in [-0.25, -0.2) is 4.99 Å². The molecule has 0 aliphatic carbocycles. The van der Waals surface area contributed by atoms with Crippen molar-refractivity contribution in [2.45, 2.75) is 53.1 Å². The van der Waals surface area contributed by atoms with Crippen molar-refractivity contribution in [2.24, 2.45) is 4.99 Å². The van der Waals surface area contributed by atoms with E-state index in [0.29, 0.717) is 12.6 Å². The quantitative estimate of drug-likeness (QED) is 0.274. The van der Waals surface area contributed by atoms with Gasteiger partial charge in [0, 0.05) is 18.3 Å². The first-order chi connectivity index (χ1) is 13.7. The number of halogens is 1. The largest absolute Gasteiger partial charge is 0.357 e. The lowest BCUT2D eigenvalue weighted by atomic mass is 10.2. The molecule has 162 valence electrons. The third-order valence-electron chi connectivity index (χ3n) is 4.76. The summed E-state index contributed by atoms with van der Waals surface area (Å²) in [5, 5.41) is 15.1. The number of guanidine groups is 1. The molecule has 0 saturated carbocycles. The Labute approximate surface area is 192 Å². The normalized spacial score (nSPS) is 12.5. The lowest BCUT2D eigenvalue weighted by Gasteiger charge is -2.21. The van der Waals surface area contributed by atoms with Crippen LogP contribution in [0.2, 0.25) is 0 Å². The molecule has 1 aromatic heterocycles. The molecule has 8 heteroatoms. The molecule has 29 heavy (non-hydrogen) atoms. The molecular formula is C21H36IN7. The van der Waals surface area contributed by atoms with E-state index in [1.807, 2.05) is 34.9 Å². The van der Waals surface area contributed by atoms with Crippen molar-refractivity contribution in [1.82, 2.24) is 30.3 Å². The predicted octanol–water partition coefficient (Wildman–Crippen LogP) is 3.45. The highest BCUT2D eigenvalue weighted by molar-refractivity contribution is 14.0. The first-order valence-electron chi connectivity index (χ1n) is 10.4. The molecule has 2 aromatic rings. The van der Waals surface area contributed by atoms with Gasteiger partial charge >= 0.3 is 0 Å². The molecule has 1 heterocycles. The van der Waals surface area contributed by atoms with E-state index in [2.05, 4.69) is 53.4 Å². The van der Waals surface area contributed by atoms with Crippen molar-refractivity contribution >= 4 is 29.9 Å². The summed E-state index contributed by atoms with van der Waals surface area (Å²) in [5.41, 5.74) is 1.04. The monoisotopic (exact) mass is 513 g/mol. The Morgan fingerprint density at radius 3 is 2.55 bits per heavy atom. The first-order valence-corrected chi connectivity index (χ1v) is 10.4. The SMILES string of the molecule is CCNC(=NCc1nncn1-c1ccccc1)NC(C)CCCN(CC)CC.I. The van der Waals surface area contributed by atoms with E-state index in [4.69, 9.17) is 4.99 Å². The highest BCUT2D eigenvalue weighted by Crippen LogP contribution is 2.09. The van der Waals surface area contributed by atoms with Crippen LogP contribution in [-0.2, 0) is 6.54 Å². The molecule has 0 spiro atoms. The fraction of sp³-hybridized carbons (Fsp3) is 0.571. The highest BCUT2D eigenvalue weighted by Gasteiger charge is 2.09. The van der Waals surface area contributed by atoms with E-state index in [-0.39, 0.29) is 24.0 Å². The summed E-state index contributed by atoms with van der Waals surface area (Å²) in [5.74, 6) is 1.64. The lowest BCUT2D eigenvalue weighted by molar-refractivity contribution is 0.292. The smallest absolute Gasteiger partial charge is 0.191 e. The average molecular weight is 513 g/mol. The van der Waals surface area contributed by atoms with E-state index in [0.717, 1.165) is 50.1 Å². The van der Waals surface area contributed by atoms with Gasteiger partial charge in [-0.1, -0.05) is 32.0 Å². The summed E-state index contributed by atoms with van der Waals surface area (Å²) in [7, 11) is 0. The van der Waals surface area contributed by atoms with E-state index in [1.54, 1.807) is 6.33 Å². The zero-order valence-electron chi connectivity index (χ0n) is 18.1. The van der Waals surface area contributed by atoms with Gasteiger partial charge in [0.15, 0.2) is 11.8 Å². The number of benzene rings is 1. The summed E-state index contributed by atoms with van der Waals surface area (Å²) >= 11 is 0. The fourth-order valence-electron chi connectivity index (χ4n) is 3.11. The molecule has 2 rings (SSSR count). The molecule has 0 aliphatic rings. The number of aromatic nitrogens is 3. The van der Waals surface area contributed by atoms with Crippen LogP contribution in [0.15, 0.2) is 41.7 Å². The molecule has 0 bridgehead atoms. The second-order valence-electron chi connectivity index (χ2n) is 6.86. The van der Waals surface area contributed by atoms with E-state index in [1.165, 1.54) is 6.42 Å². The minimum Gasteiger partial charge on any atom is -0.357 e. The van der Waals surface area contributed by atoms with Gasteiger partial charge in [0.05, 0.1) is 0 Å². The molecular weight excluding hydrogens is 477 g/mol. The van der Waals surface area contributed by atoms with Crippen LogP contribution < -0.4 is 10.6 Å². The Bertz CT molecular complexity index is 698. The second kappa shape index (κ2) is 14.3. The van der Waals surface area contributed by atoms with Gasteiger partial charge in [0.25, 0.3) is 0 Å². The minimum absolute atomic E-state index is 0. The molecule has 1 atom stereocenters. The van der Waals surface area contributed by atoms with Crippen LogP contribution in [0.5, 0.6) is 0 Å². The zero-order chi connectivity index (χ0) is 20.2. The van der Waals surface area contributed by atoms with Gasteiger partial charge in [-0.05, 0) is 58.5 Å². The topological polar surface area (TPSA) is 70.4 Å². The van der Waals surface area contributed by atoms with Gasteiger partial charge < -0.3 is 15.5 Å². The molecule has 1 aromatic carbocycles. The van der Waals surface area contributed by atoms with Gasteiger partial charge in [-0.15, -0.1) is 34.2 Å². The van der Waals surface area contributed by atoms with Gasteiger partial charge in [-0.2, -0.15) is 0 Å². The summed E-state index contributed by atoms with van der Waals surface area (Å²) in [4.78, 5) is 7.18. The van der Waals surface area contributed by atoms with Crippen molar-refractivity contribution in [1.29, 1.82) is 0 Å². The Kier molecular flexibility index (Phi) is 12.5. The molecule has 7 nitrogen and oxygen atoms in total. The molecule has 0 amide bonds. The number of aliphatic imine (C=N–C) groups is 1. The van der Waals surface area contributed by atoms with Crippen LogP contribution >= 0.6 is 24.0 Å². The maximum atomic E-state index is 4.72. The molecule has 0 fully saturated rings. The third kappa shape index (κ3) is 8.69. The van der Waals surface area contributed by atoms with Crippen molar-refractivity contribution in [3.63, 3.8) is 0 Å². The number of nitrogens with one attached hydrogen (secondary N) is 2. The maximum Gasteiger partial charge on any atom is 0.191 e. The van der Waals surface area contributed by atoms with Crippen LogP contribution in [0.1, 0.15) is 46.4 Å². The van der Waals surface area contributed by atoms with Gasteiger partial charge in [-0.3, -0.25) is 4.57 Å². The number of hydrogen-bond acceptors (Lipinski definition) is 4. The van der Waals surface area contributed by atoms with Crippen LogP contribution in [0, 0.1) is 0 Å². The van der Waals surface area contributed by atoms with Crippen LogP contribution in [0.25, 0.3) is 5.69 Å². The Morgan fingerprint density at radius 1 is 1.17 bits per heavy atom. The summed E-state index contributed by atoms with van der Waals surface area (Å²) in [6, 6.07) is 10.5. The summed E-state index contributed by atoms with van der Waals surface area (Å²) in [6.45, 7) is 13.4. The number of para-hydroxylation sites is 1. The zero-order valence-corrected chi connectivity index (χ0v) is 20.5. The Morgan fingerprint density at radius 2 is 1.90 bits per heavy atom. The summed E-state index contributed by atoms with van der Waals surface area (Å²) in [6.07, 6.45) is 4.02. The predicted molar refractivity (Wildman–Crippen MR) is 131 cm³/mol. The van der Waals surface area contributed by atoms with Gasteiger partial charge in [0.2, 0.25) is 0 Å². The third-order valence-corrected chi connectivity index (χ3v) is 4.76. The molecule has 1 unspecified atom stereocenters. The maximum absolute atomic E-state index is 4.72.